The van der Waals surface area contributed by atoms with Crippen molar-refractivity contribution in [3.63, 3.8) is 0 Å². The van der Waals surface area contributed by atoms with Gasteiger partial charge in [-0.05, 0) is 66.9 Å². The van der Waals surface area contributed by atoms with Crippen LogP contribution in [0, 0.1) is 13.8 Å². The molecule has 7 nitrogen and oxygen atoms in total. The molecule has 0 radical (unpaired) electrons. The third kappa shape index (κ3) is 5.02. The molecule has 2 aromatic rings. The number of aryl methyl sites for hydroxylation is 2. The molecule has 0 fully saturated rings. The summed E-state index contributed by atoms with van der Waals surface area (Å²) in [6.45, 7) is 3.71. The van der Waals surface area contributed by atoms with Crippen molar-refractivity contribution < 1.29 is 14.7 Å². The summed E-state index contributed by atoms with van der Waals surface area (Å²) in [6, 6.07) is 10.5. The van der Waals surface area contributed by atoms with Gasteiger partial charge in [0.1, 0.15) is 6.34 Å². The van der Waals surface area contributed by atoms with Crippen LogP contribution in [-0.4, -0.2) is 23.3 Å². The van der Waals surface area contributed by atoms with Crippen molar-refractivity contribution in [2.24, 2.45) is 10.8 Å². The zero-order chi connectivity index (χ0) is 19.1. The molecule has 0 saturated carbocycles. The molecule has 0 aromatic heterocycles. The minimum Gasteiger partial charge on any atom is -0.478 e. The number of benzene rings is 2. The molecule has 1 amide bonds. The Kier molecular flexibility index (Phi) is 6.24. The monoisotopic (exact) mass is 352 g/mol. The normalized spacial score (nSPS) is 11.0. The summed E-state index contributed by atoms with van der Waals surface area (Å²) in [5.74, 6) is 3.87. The van der Waals surface area contributed by atoms with Crippen LogP contribution in [0.5, 0.6) is 0 Å². The molecule has 2 rings (SSSR count). The molecule has 0 heterocycles. The first kappa shape index (κ1) is 18.9. The minimum atomic E-state index is -1.01. The largest absolute Gasteiger partial charge is 0.478 e. The Hall–Kier alpha value is -3.45. The number of hydrogen-bond donors (Lipinski definition) is 4. The first-order chi connectivity index (χ1) is 12.4. The van der Waals surface area contributed by atoms with E-state index in [9.17, 15) is 9.59 Å². The number of carboxylic acids is 1. The molecule has 0 aliphatic rings. The van der Waals surface area contributed by atoms with Crippen molar-refractivity contribution in [1.82, 2.24) is 5.43 Å². The Labute approximate surface area is 151 Å². The number of nitrogens with two attached hydrogens (primary N) is 1. The van der Waals surface area contributed by atoms with Crippen LogP contribution < -0.4 is 16.6 Å². The maximum Gasteiger partial charge on any atom is 0.328 e. The van der Waals surface area contributed by atoms with Crippen molar-refractivity contribution in [2.75, 3.05) is 5.32 Å². The second kappa shape index (κ2) is 8.59. The van der Waals surface area contributed by atoms with E-state index in [-0.39, 0.29) is 5.91 Å². The average molecular weight is 352 g/mol. The van der Waals surface area contributed by atoms with Gasteiger partial charge in [-0.3, -0.25) is 4.79 Å². The number of hydrazine groups is 1. The van der Waals surface area contributed by atoms with Gasteiger partial charge >= 0.3 is 5.97 Å². The van der Waals surface area contributed by atoms with Crippen molar-refractivity contribution in [3.05, 3.63) is 64.7 Å². The number of amides is 1. The first-order valence-electron chi connectivity index (χ1n) is 7.83. The van der Waals surface area contributed by atoms with E-state index in [1.54, 1.807) is 24.3 Å². The van der Waals surface area contributed by atoms with E-state index < -0.39 is 5.97 Å². The summed E-state index contributed by atoms with van der Waals surface area (Å²) >= 11 is 0. The van der Waals surface area contributed by atoms with Gasteiger partial charge in [0.05, 0.1) is 5.69 Å². The van der Waals surface area contributed by atoms with Gasteiger partial charge in [0.15, 0.2) is 0 Å². The minimum absolute atomic E-state index is 0.261. The second-order valence-electron chi connectivity index (χ2n) is 5.63. The Balaban J connectivity index is 2.24. The molecule has 26 heavy (non-hydrogen) atoms. The van der Waals surface area contributed by atoms with E-state index in [4.69, 9.17) is 10.9 Å². The smallest absolute Gasteiger partial charge is 0.328 e. The predicted octanol–water partition coefficient (Wildman–Crippen LogP) is 2.78. The number of rotatable bonds is 6. The van der Waals surface area contributed by atoms with Crippen LogP contribution in [-0.2, 0) is 4.79 Å². The molecule has 5 N–H and O–H groups in total. The highest BCUT2D eigenvalue weighted by molar-refractivity contribution is 6.05. The van der Waals surface area contributed by atoms with Gasteiger partial charge in [0.2, 0.25) is 0 Å². The number of carbonyl (C=O) groups excluding carboxylic acids is 1. The summed E-state index contributed by atoms with van der Waals surface area (Å²) in [5.41, 5.74) is 6.49. The van der Waals surface area contributed by atoms with Gasteiger partial charge in [-0.1, -0.05) is 6.07 Å². The van der Waals surface area contributed by atoms with E-state index in [0.717, 1.165) is 22.8 Å². The Morgan fingerprint density at radius 2 is 1.85 bits per heavy atom. The highest BCUT2D eigenvalue weighted by atomic mass is 16.4. The Morgan fingerprint density at radius 3 is 2.46 bits per heavy atom. The molecule has 2 aromatic carbocycles. The molecule has 0 spiro atoms. The molecular formula is C19H20N4O3. The maximum atomic E-state index is 12.5. The molecular weight excluding hydrogens is 332 g/mol. The fourth-order valence-electron chi connectivity index (χ4n) is 2.48. The fourth-order valence-corrected chi connectivity index (χ4v) is 2.48. The van der Waals surface area contributed by atoms with Gasteiger partial charge in [-0.25, -0.2) is 15.6 Å². The molecule has 0 atom stereocenters. The van der Waals surface area contributed by atoms with E-state index in [2.05, 4.69) is 15.7 Å². The Bertz CT molecular complexity index is 865. The first-order valence-corrected chi connectivity index (χ1v) is 7.83. The lowest BCUT2D eigenvalue weighted by Gasteiger charge is -2.13. The molecule has 0 saturated heterocycles. The summed E-state index contributed by atoms with van der Waals surface area (Å²) in [4.78, 5) is 27.2. The van der Waals surface area contributed by atoms with Crippen molar-refractivity contribution in [1.29, 1.82) is 0 Å². The highest BCUT2D eigenvalue weighted by Gasteiger charge is 2.11. The van der Waals surface area contributed by atoms with Crippen LogP contribution in [0.3, 0.4) is 0 Å². The van der Waals surface area contributed by atoms with E-state index in [1.165, 1.54) is 12.4 Å². The lowest BCUT2D eigenvalue weighted by Crippen LogP contribution is -2.18. The quantitative estimate of drug-likeness (QED) is 0.210. The van der Waals surface area contributed by atoms with Crippen LogP contribution >= 0.6 is 0 Å². The third-order valence-electron chi connectivity index (χ3n) is 3.61. The summed E-state index contributed by atoms with van der Waals surface area (Å²) in [5, 5.41) is 11.6. The predicted molar refractivity (Wildman–Crippen MR) is 102 cm³/mol. The number of carboxylic acid groups (broad SMARTS) is 1. The van der Waals surface area contributed by atoms with Crippen LogP contribution in [0.25, 0.3) is 6.08 Å². The number of nitrogens with one attached hydrogen (secondary N) is 2. The molecule has 0 aliphatic carbocycles. The highest BCUT2D eigenvalue weighted by Crippen LogP contribution is 2.24. The number of hydrogen-bond acceptors (Lipinski definition) is 4. The second-order valence-corrected chi connectivity index (χ2v) is 5.63. The van der Waals surface area contributed by atoms with Gasteiger partial charge in [-0.2, -0.15) is 0 Å². The van der Waals surface area contributed by atoms with Crippen molar-refractivity contribution in [3.8, 4) is 0 Å². The molecule has 7 heteroatoms. The molecule has 0 bridgehead atoms. The van der Waals surface area contributed by atoms with Gasteiger partial charge in [0, 0.05) is 17.3 Å². The summed E-state index contributed by atoms with van der Waals surface area (Å²) in [6.07, 6.45) is 3.92. The number of carbonyl (C=O) groups is 2. The standard InChI is InChI=1S/C19H20N4O3/c1-12-8-14(6-7-17(24)25)9-13(2)18(12)23-19(26)15-4-3-5-16(10-15)21-11-22-20/h3-11H,20H2,1-2H3,(H,21,22)(H,23,26)(H,24,25)/b7-6+. The van der Waals surface area contributed by atoms with Gasteiger partial charge < -0.3 is 15.8 Å². The molecule has 0 unspecified atom stereocenters. The van der Waals surface area contributed by atoms with Crippen LogP contribution in [0.2, 0.25) is 0 Å². The molecule has 0 aliphatic heterocycles. The molecule has 134 valence electrons. The van der Waals surface area contributed by atoms with Crippen molar-refractivity contribution >= 4 is 35.7 Å². The van der Waals surface area contributed by atoms with Gasteiger partial charge in [0.25, 0.3) is 5.91 Å². The van der Waals surface area contributed by atoms with E-state index >= 15 is 0 Å². The summed E-state index contributed by atoms with van der Waals surface area (Å²) < 4.78 is 0. The topological polar surface area (TPSA) is 117 Å². The van der Waals surface area contributed by atoms with E-state index in [1.807, 2.05) is 26.0 Å². The fraction of sp³-hybridized carbons (Fsp3) is 0.105. The van der Waals surface area contributed by atoms with E-state index in [0.29, 0.717) is 16.9 Å². The van der Waals surface area contributed by atoms with Crippen LogP contribution in [0.4, 0.5) is 11.4 Å². The maximum absolute atomic E-state index is 12.5. The van der Waals surface area contributed by atoms with Crippen molar-refractivity contribution in [2.45, 2.75) is 13.8 Å². The number of anilines is 1. The van der Waals surface area contributed by atoms with Crippen LogP contribution in [0.1, 0.15) is 27.0 Å². The third-order valence-corrected chi connectivity index (χ3v) is 3.61. The Morgan fingerprint density at radius 1 is 1.15 bits per heavy atom. The lowest BCUT2D eigenvalue weighted by molar-refractivity contribution is -0.131. The number of aliphatic carboxylic acids is 1. The number of aliphatic imine (C=N–C) groups is 1. The zero-order valence-electron chi connectivity index (χ0n) is 14.5. The van der Waals surface area contributed by atoms with Gasteiger partial charge in [-0.15, -0.1) is 0 Å². The summed E-state index contributed by atoms with van der Waals surface area (Å²) in [7, 11) is 0. The number of nitrogens with zero attached hydrogens (tertiary/aromatic N) is 1. The zero-order valence-corrected chi connectivity index (χ0v) is 14.5. The van der Waals surface area contributed by atoms with Crippen LogP contribution in [0.15, 0.2) is 47.5 Å². The lowest BCUT2D eigenvalue weighted by atomic mass is 10.0. The SMILES string of the molecule is Cc1cc(/C=C/C(=O)O)cc(C)c1NC(=O)c1cccc(N=CNN)c1. The average Bonchev–Trinajstić information content (AvgIpc) is 2.61.